The Bertz CT molecular complexity index is 478. The third kappa shape index (κ3) is 2.80. The van der Waals surface area contributed by atoms with E-state index in [2.05, 4.69) is 10.3 Å². The fraction of sp³-hybridized carbons (Fsp3) is 0.444. The average Bonchev–Trinajstić information content (AvgIpc) is 2.08. The molecule has 1 rings (SSSR count). The lowest BCUT2D eigenvalue weighted by Gasteiger charge is -2.16. The minimum absolute atomic E-state index is 0.0366. The Hall–Kier alpha value is -1.85. The molecular formula is C9H13N3O3. The van der Waals surface area contributed by atoms with Crippen molar-refractivity contribution in [1.29, 1.82) is 0 Å². The van der Waals surface area contributed by atoms with E-state index in [-0.39, 0.29) is 11.6 Å². The molecule has 0 atom stereocenters. The molecule has 6 nitrogen and oxygen atoms in total. The molecule has 0 saturated carbocycles. The van der Waals surface area contributed by atoms with Gasteiger partial charge < -0.3 is 10.3 Å². The quantitative estimate of drug-likeness (QED) is 0.612. The van der Waals surface area contributed by atoms with Gasteiger partial charge in [0.25, 0.3) is 5.56 Å². The van der Waals surface area contributed by atoms with Gasteiger partial charge >= 0.3 is 5.69 Å². The lowest BCUT2D eigenvalue weighted by molar-refractivity contribution is -0.123. The molecule has 0 aliphatic rings. The molecule has 0 aliphatic carbocycles. The first-order valence-electron chi connectivity index (χ1n) is 4.44. The second-order valence-electron chi connectivity index (χ2n) is 4.19. The number of carbonyl (C=O) groups is 1. The van der Waals surface area contributed by atoms with Crippen LogP contribution >= 0.6 is 0 Å². The molecule has 0 aromatic carbocycles. The summed E-state index contributed by atoms with van der Waals surface area (Å²) in [4.78, 5) is 37.7. The zero-order valence-electron chi connectivity index (χ0n) is 8.80. The van der Waals surface area contributed by atoms with Gasteiger partial charge in [-0.05, 0) is 0 Å². The van der Waals surface area contributed by atoms with Crippen LogP contribution in [0.15, 0.2) is 15.8 Å². The van der Waals surface area contributed by atoms with Crippen LogP contribution in [0, 0.1) is 5.41 Å². The SMILES string of the molecule is CC(C)(C)C(=O)Nc1c[nH]c(=O)[nH]c1=O. The summed E-state index contributed by atoms with van der Waals surface area (Å²) in [6.45, 7) is 5.17. The summed E-state index contributed by atoms with van der Waals surface area (Å²) in [5, 5.41) is 2.42. The summed E-state index contributed by atoms with van der Waals surface area (Å²) in [6.07, 6.45) is 1.17. The van der Waals surface area contributed by atoms with Gasteiger partial charge in [0.15, 0.2) is 0 Å². The van der Waals surface area contributed by atoms with Crippen LogP contribution in [-0.2, 0) is 4.79 Å². The first kappa shape index (κ1) is 11.2. The zero-order chi connectivity index (χ0) is 11.6. The highest BCUT2D eigenvalue weighted by Gasteiger charge is 2.21. The first-order valence-corrected chi connectivity index (χ1v) is 4.44. The molecular weight excluding hydrogens is 198 g/mol. The topological polar surface area (TPSA) is 94.8 Å². The summed E-state index contributed by atoms with van der Waals surface area (Å²) in [6, 6.07) is 0. The van der Waals surface area contributed by atoms with Crippen LogP contribution in [0.3, 0.4) is 0 Å². The Labute approximate surface area is 85.7 Å². The third-order valence-corrected chi connectivity index (χ3v) is 1.75. The van der Waals surface area contributed by atoms with Crippen LogP contribution in [0.5, 0.6) is 0 Å². The summed E-state index contributed by atoms with van der Waals surface area (Å²) in [5.74, 6) is -0.292. The maximum Gasteiger partial charge on any atom is 0.325 e. The van der Waals surface area contributed by atoms with E-state index in [1.165, 1.54) is 6.20 Å². The van der Waals surface area contributed by atoms with Crippen LogP contribution in [0.4, 0.5) is 5.69 Å². The molecule has 0 spiro atoms. The molecule has 1 aromatic heterocycles. The summed E-state index contributed by atoms with van der Waals surface area (Å²) >= 11 is 0. The fourth-order valence-electron chi connectivity index (χ4n) is 0.812. The molecule has 1 aromatic rings. The number of H-pyrrole nitrogens is 2. The van der Waals surface area contributed by atoms with E-state index in [1.807, 2.05) is 4.98 Å². The molecule has 1 amide bonds. The van der Waals surface area contributed by atoms with Crippen LogP contribution in [0.2, 0.25) is 0 Å². The van der Waals surface area contributed by atoms with Gasteiger partial charge in [-0.1, -0.05) is 20.8 Å². The van der Waals surface area contributed by atoms with E-state index >= 15 is 0 Å². The van der Waals surface area contributed by atoms with Crippen molar-refractivity contribution >= 4 is 11.6 Å². The number of rotatable bonds is 1. The van der Waals surface area contributed by atoms with Crippen LogP contribution in [-0.4, -0.2) is 15.9 Å². The van der Waals surface area contributed by atoms with Gasteiger partial charge in [0.2, 0.25) is 5.91 Å². The summed E-state index contributed by atoms with van der Waals surface area (Å²) < 4.78 is 0. The third-order valence-electron chi connectivity index (χ3n) is 1.75. The minimum Gasteiger partial charge on any atom is -0.320 e. The number of aromatic nitrogens is 2. The maximum absolute atomic E-state index is 11.5. The van der Waals surface area contributed by atoms with Gasteiger partial charge in [0.05, 0.1) is 0 Å². The van der Waals surface area contributed by atoms with Crippen LogP contribution in [0.1, 0.15) is 20.8 Å². The lowest BCUT2D eigenvalue weighted by atomic mass is 9.96. The molecule has 0 aliphatic heterocycles. The summed E-state index contributed by atoms with van der Waals surface area (Å²) in [7, 11) is 0. The van der Waals surface area contributed by atoms with Crippen LogP contribution in [0.25, 0.3) is 0 Å². The number of anilines is 1. The van der Waals surface area contributed by atoms with Crippen molar-refractivity contribution in [1.82, 2.24) is 9.97 Å². The second kappa shape index (κ2) is 3.72. The van der Waals surface area contributed by atoms with Gasteiger partial charge in [-0.2, -0.15) is 0 Å². The van der Waals surface area contributed by atoms with Crippen molar-refractivity contribution in [2.24, 2.45) is 5.41 Å². The van der Waals surface area contributed by atoms with Gasteiger partial charge in [-0.25, -0.2) is 4.79 Å². The number of hydrogen-bond donors (Lipinski definition) is 3. The Kier molecular flexibility index (Phi) is 2.78. The molecule has 0 saturated heterocycles. The predicted molar refractivity (Wildman–Crippen MR) is 55.8 cm³/mol. The summed E-state index contributed by atoms with van der Waals surface area (Å²) in [5.41, 5.74) is -1.78. The number of aromatic amines is 2. The molecule has 0 bridgehead atoms. The number of carbonyl (C=O) groups excluding carboxylic acids is 1. The molecule has 3 N–H and O–H groups in total. The molecule has 1 heterocycles. The standard InChI is InChI=1S/C9H13N3O3/c1-9(2,3)7(14)11-5-4-10-8(15)12-6(5)13/h4H,1-3H3,(H,11,14)(H2,10,12,13,15). The Morgan fingerprint density at radius 2 is 1.93 bits per heavy atom. The molecule has 82 valence electrons. The van der Waals surface area contributed by atoms with E-state index in [9.17, 15) is 14.4 Å². The van der Waals surface area contributed by atoms with E-state index < -0.39 is 16.7 Å². The van der Waals surface area contributed by atoms with Gasteiger partial charge in [-0.3, -0.25) is 14.6 Å². The number of nitrogens with one attached hydrogen (secondary N) is 3. The minimum atomic E-state index is -0.614. The number of amides is 1. The van der Waals surface area contributed by atoms with E-state index in [0.29, 0.717) is 0 Å². The van der Waals surface area contributed by atoms with E-state index in [4.69, 9.17) is 0 Å². The maximum atomic E-state index is 11.5. The molecule has 0 radical (unpaired) electrons. The predicted octanol–water partition coefficient (Wildman–Crippen LogP) is 0.0478. The Morgan fingerprint density at radius 1 is 1.33 bits per heavy atom. The Morgan fingerprint density at radius 3 is 2.40 bits per heavy atom. The molecule has 0 unspecified atom stereocenters. The van der Waals surface area contributed by atoms with Gasteiger partial charge in [0.1, 0.15) is 5.69 Å². The van der Waals surface area contributed by atoms with Crippen molar-refractivity contribution in [3.63, 3.8) is 0 Å². The fourth-order valence-corrected chi connectivity index (χ4v) is 0.812. The highest BCUT2D eigenvalue weighted by Crippen LogP contribution is 2.14. The van der Waals surface area contributed by atoms with Crippen molar-refractivity contribution in [2.45, 2.75) is 20.8 Å². The zero-order valence-corrected chi connectivity index (χ0v) is 8.80. The second-order valence-corrected chi connectivity index (χ2v) is 4.19. The highest BCUT2D eigenvalue weighted by molar-refractivity contribution is 5.94. The van der Waals surface area contributed by atoms with Crippen LogP contribution < -0.4 is 16.6 Å². The Balaban J connectivity index is 2.97. The largest absolute Gasteiger partial charge is 0.325 e. The molecule has 6 heteroatoms. The van der Waals surface area contributed by atoms with Gasteiger partial charge in [-0.15, -0.1) is 0 Å². The highest BCUT2D eigenvalue weighted by atomic mass is 16.2. The molecule has 0 fully saturated rings. The van der Waals surface area contributed by atoms with E-state index in [1.54, 1.807) is 20.8 Å². The normalized spacial score (nSPS) is 11.1. The smallest absolute Gasteiger partial charge is 0.320 e. The lowest BCUT2D eigenvalue weighted by Crippen LogP contribution is -2.32. The van der Waals surface area contributed by atoms with E-state index in [0.717, 1.165) is 0 Å². The first-order chi connectivity index (χ1) is 6.80. The van der Waals surface area contributed by atoms with Crippen molar-refractivity contribution in [3.05, 3.63) is 27.0 Å². The molecule has 15 heavy (non-hydrogen) atoms. The van der Waals surface area contributed by atoms with Crippen molar-refractivity contribution < 1.29 is 4.79 Å². The number of hydrogen-bond acceptors (Lipinski definition) is 3. The van der Waals surface area contributed by atoms with Gasteiger partial charge in [0, 0.05) is 11.6 Å². The average molecular weight is 211 g/mol. The monoisotopic (exact) mass is 211 g/mol. The van der Waals surface area contributed by atoms with Crippen molar-refractivity contribution in [3.8, 4) is 0 Å². The van der Waals surface area contributed by atoms with Crippen molar-refractivity contribution in [2.75, 3.05) is 5.32 Å².